The highest BCUT2D eigenvalue weighted by Gasteiger charge is 2.18. The summed E-state index contributed by atoms with van der Waals surface area (Å²) in [5, 5.41) is 11.0. The van der Waals surface area contributed by atoms with Crippen LogP contribution in [0.3, 0.4) is 0 Å². The van der Waals surface area contributed by atoms with E-state index in [9.17, 15) is 18.0 Å². The molecule has 0 spiro atoms. The third-order valence-corrected chi connectivity index (χ3v) is 4.76. The number of nitrogens with one attached hydrogen (secondary N) is 2. The van der Waals surface area contributed by atoms with Crippen LogP contribution in [0.4, 0.5) is 5.69 Å². The smallest absolute Gasteiger partial charge is 0.313 e. The lowest BCUT2D eigenvalue weighted by Crippen LogP contribution is -2.25. The van der Waals surface area contributed by atoms with Gasteiger partial charge in [0.05, 0.1) is 17.2 Å². The summed E-state index contributed by atoms with van der Waals surface area (Å²) in [6.45, 7) is 1.89. The van der Waals surface area contributed by atoms with Crippen LogP contribution in [0.1, 0.15) is 6.92 Å². The number of anilines is 1. The molecular weight excluding hydrogens is 316 g/mol. The van der Waals surface area contributed by atoms with E-state index in [0.717, 1.165) is 11.8 Å². The van der Waals surface area contributed by atoms with Crippen molar-refractivity contribution in [1.29, 1.82) is 0 Å². The van der Waals surface area contributed by atoms with Gasteiger partial charge in [-0.2, -0.15) is 0 Å². The van der Waals surface area contributed by atoms with Gasteiger partial charge < -0.3 is 10.4 Å². The van der Waals surface area contributed by atoms with E-state index in [0.29, 0.717) is 0 Å². The van der Waals surface area contributed by atoms with Crippen LogP contribution in [-0.2, 0) is 19.6 Å². The molecule has 0 bridgehead atoms. The first-order valence-electron chi connectivity index (χ1n) is 6.05. The zero-order valence-electron chi connectivity index (χ0n) is 11.3. The fourth-order valence-electron chi connectivity index (χ4n) is 1.49. The van der Waals surface area contributed by atoms with E-state index in [1.807, 2.05) is 0 Å². The van der Waals surface area contributed by atoms with E-state index in [1.54, 1.807) is 19.1 Å². The van der Waals surface area contributed by atoms with Crippen molar-refractivity contribution in [1.82, 2.24) is 4.72 Å². The SMILES string of the molecule is CCNS(=O)(=O)c1ccccc1NC(=O)CSCC(=O)O. The number of hydrogen-bond acceptors (Lipinski definition) is 5. The minimum atomic E-state index is -3.69. The number of para-hydroxylation sites is 1. The van der Waals surface area contributed by atoms with Crippen LogP contribution >= 0.6 is 11.8 Å². The molecule has 0 radical (unpaired) electrons. The lowest BCUT2D eigenvalue weighted by Gasteiger charge is -2.11. The van der Waals surface area contributed by atoms with Crippen molar-refractivity contribution in [2.75, 3.05) is 23.4 Å². The summed E-state index contributed by atoms with van der Waals surface area (Å²) in [5.41, 5.74) is 0.166. The molecule has 0 aliphatic rings. The summed E-state index contributed by atoms with van der Waals surface area (Å²) >= 11 is 0.936. The van der Waals surface area contributed by atoms with Crippen LogP contribution in [0.25, 0.3) is 0 Å². The highest BCUT2D eigenvalue weighted by atomic mass is 32.2. The molecule has 0 heterocycles. The molecule has 9 heteroatoms. The average Bonchev–Trinajstić information content (AvgIpc) is 2.38. The molecule has 0 aliphatic carbocycles. The van der Waals surface area contributed by atoms with Crippen LogP contribution in [0.2, 0.25) is 0 Å². The van der Waals surface area contributed by atoms with Crippen molar-refractivity contribution in [3.8, 4) is 0 Å². The second-order valence-corrected chi connectivity index (χ2v) is 6.65. The normalized spacial score (nSPS) is 11.1. The highest BCUT2D eigenvalue weighted by molar-refractivity contribution is 8.00. The topological polar surface area (TPSA) is 113 Å². The van der Waals surface area contributed by atoms with E-state index in [1.165, 1.54) is 12.1 Å². The number of benzene rings is 1. The number of carboxylic acid groups (broad SMARTS) is 1. The van der Waals surface area contributed by atoms with E-state index in [-0.39, 0.29) is 28.6 Å². The molecule has 1 rings (SSSR count). The first-order chi connectivity index (χ1) is 9.86. The maximum absolute atomic E-state index is 12.0. The monoisotopic (exact) mass is 332 g/mol. The van der Waals surface area contributed by atoms with Crippen molar-refractivity contribution in [2.24, 2.45) is 0 Å². The van der Waals surface area contributed by atoms with Gasteiger partial charge in [-0.25, -0.2) is 13.1 Å². The van der Waals surface area contributed by atoms with Gasteiger partial charge in [-0.3, -0.25) is 9.59 Å². The number of hydrogen-bond donors (Lipinski definition) is 3. The molecule has 0 unspecified atom stereocenters. The minimum absolute atomic E-state index is 0.0246. The van der Waals surface area contributed by atoms with E-state index in [2.05, 4.69) is 10.0 Å². The standard InChI is InChI=1S/C12H16N2O5S2/c1-2-13-21(18,19)10-6-4-3-5-9(10)14-11(15)7-20-8-12(16)17/h3-6,13H,2,7-8H2,1H3,(H,14,15)(H,16,17). The van der Waals surface area contributed by atoms with Crippen LogP contribution in [0.5, 0.6) is 0 Å². The summed E-state index contributed by atoms with van der Waals surface area (Å²) < 4.78 is 26.3. The van der Waals surface area contributed by atoms with Gasteiger partial charge in [0, 0.05) is 6.54 Å². The number of aliphatic carboxylic acids is 1. The summed E-state index contributed by atoms with van der Waals surface area (Å²) in [7, 11) is -3.69. The summed E-state index contributed by atoms with van der Waals surface area (Å²) in [6.07, 6.45) is 0. The van der Waals surface area contributed by atoms with Gasteiger partial charge in [0.25, 0.3) is 0 Å². The van der Waals surface area contributed by atoms with Gasteiger partial charge in [0.15, 0.2) is 0 Å². The van der Waals surface area contributed by atoms with Gasteiger partial charge in [-0.05, 0) is 12.1 Å². The predicted molar refractivity (Wildman–Crippen MR) is 80.9 cm³/mol. The number of carboxylic acids is 1. The van der Waals surface area contributed by atoms with E-state index >= 15 is 0 Å². The van der Waals surface area contributed by atoms with Crippen LogP contribution in [-0.4, -0.2) is 43.5 Å². The van der Waals surface area contributed by atoms with Gasteiger partial charge in [-0.15, -0.1) is 11.8 Å². The van der Waals surface area contributed by atoms with E-state index in [4.69, 9.17) is 5.11 Å². The molecule has 21 heavy (non-hydrogen) atoms. The molecule has 0 aromatic heterocycles. The zero-order chi connectivity index (χ0) is 15.9. The third-order valence-electron chi connectivity index (χ3n) is 2.24. The molecule has 0 fully saturated rings. The quantitative estimate of drug-likeness (QED) is 0.647. The Kier molecular flexibility index (Phi) is 6.66. The zero-order valence-corrected chi connectivity index (χ0v) is 13.0. The molecule has 3 N–H and O–H groups in total. The maximum atomic E-state index is 12.0. The number of rotatable bonds is 8. The first-order valence-corrected chi connectivity index (χ1v) is 8.68. The van der Waals surface area contributed by atoms with Crippen LogP contribution in [0, 0.1) is 0 Å². The van der Waals surface area contributed by atoms with Crippen LogP contribution in [0.15, 0.2) is 29.2 Å². The second-order valence-electron chi connectivity index (χ2n) is 3.93. The predicted octanol–water partition coefficient (Wildman–Crippen LogP) is 0.741. The molecular formula is C12H16N2O5S2. The molecule has 0 saturated carbocycles. The van der Waals surface area contributed by atoms with Crippen molar-refractivity contribution in [2.45, 2.75) is 11.8 Å². The maximum Gasteiger partial charge on any atom is 0.313 e. The Labute approximate surface area is 127 Å². The molecule has 0 atom stereocenters. The van der Waals surface area contributed by atoms with Gasteiger partial charge in [0.1, 0.15) is 4.90 Å². The Bertz CT molecular complexity index is 616. The van der Waals surface area contributed by atoms with Crippen molar-refractivity contribution < 1.29 is 23.1 Å². The Morgan fingerprint density at radius 1 is 1.24 bits per heavy atom. The number of amides is 1. The second kappa shape index (κ2) is 8.01. The highest BCUT2D eigenvalue weighted by Crippen LogP contribution is 2.20. The Morgan fingerprint density at radius 2 is 1.90 bits per heavy atom. The average molecular weight is 332 g/mol. The Morgan fingerprint density at radius 3 is 2.52 bits per heavy atom. The largest absolute Gasteiger partial charge is 0.481 e. The summed E-state index contributed by atoms with van der Waals surface area (Å²) in [6, 6.07) is 6.02. The third kappa shape index (κ3) is 5.74. The Hall–Kier alpha value is -1.58. The first kappa shape index (κ1) is 17.5. The number of carbonyl (C=O) groups excluding carboxylic acids is 1. The van der Waals surface area contributed by atoms with Gasteiger partial charge in [-0.1, -0.05) is 19.1 Å². The number of thioether (sulfide) groups is 1. The van der Waals surface area contributed by atoms with E-state index < -0.39 is 21.9 Å². The van der Waals surface area contributed by atoms with Crippen LogP contribution < -0.4 is 10.0 Å². The minimum Gasteiger partial charge on any atom is -0.481 e. The molecule has 1 aromatic rings. The van der Waals surface area contributed by atoms with Gasteiger partial charge in [0.2, 0.25) is 15.9 Å². The molecule has 0 aliphatic heterocycles. The summed E-state index contributed by atoms with van der Waals surface area (Å²) in [4.78, 5) is 22.0. The molecule has 1 aromatic carbocycles. The van der Waals surface area contributed by atoms with Crippen molar-refractivity contribution in [3.05, 3.63) is 24.3 Å². The van der Waals surface area contributed by atoms with Gasteiger partial charge >= 0.3 is 5.97 Å². The Balaban J connectivity index is 2.80. The lowest BCUT2D eigenvalue weighted by molar-refractivity contribution is -0.133. The molecule has 7 nitrogen and oxygen atoms in total. The molecule has 0 saturated heterocycles. The lowest BCUT2D eigenvalue weighted by atomic mass is 10.3. The fraction of sp³-hybridized carbons (Fsp3) is 0.333. The summed E-state index contributed by atoms with van der Waals surface area (Å²) in [5.74, 6) is -1.73. The number of sulfonamides is 1. The number of carbonyl (C=O) groups is 2. The fourth-order valence-corrected chi connectivity index (χ4v) is 3.23. The van der Waals surface area contributed by atoms with Crippen molar-refractivity contribution in [3.63, 3.8) is 0 Å². The van der Waals surface area contributed by atoms with Crippen molar-refractivity contribution >= 4 is 39.3 Å². The molecule has 116 valence electrons. The molecule has 1 amide bonds.